The van der Waals surface area contributed by atoms with Crippen LogP contribution < -0.4 is 0 Å². The lowest BCUT2D eigenvalue weighted by Crippen LogP contribution is -2.13. The molecule has 768 valence electrons. The third kappa shape index (κ3) is 76.3. The van der Waals surface area contributed by atoms with Crippen molar-refractivity contribution in [2.45, 2.75) is 492 Å². The van der Waals surface area contributed by atoms with E-state index in [9.17, 15) is 0 Å². The SMILES string of the molecule is CC(C)(C)CCCc1ccc(CC(C)(C)C)cc1.CC(C)(C)CCCc1cccc(CC(C)(C)C)c1.CC(C)(C)CCCc1cccc(CC(C)(C)C)n1.CC(C)(C)CCc1cccc(CC(C)(C)C)c1.CC(C)(C)CCc1cccc(CC(C)(C)C)n1.CC(C)(C)CCc1nccc(CC(C)(C)C)n1.CC(C)(C)Cc1cccc(C(C)(C)C)c1.CC(C)(C)Cc1cccc(CC(C)(C)C)c1. The molecule has 5 aromatic carbocycles. The Kier molecular flexibility index (Phi) is 52.3. The highest BCUT2D eigenvalue weighted by atomic mass is 14.9. The highest BCUT2D eigenvalue weighted by Crippen LogP contribution is 2.34. The predicted molar refractivity (Wildman–Crippen MR) is 610 cm³/mol. The lowest BCUT2D eigenvalue weighted by molar-refractivity contribution is 0.364. The van der Waals surface area contributed by atoms with Gasteiger partial charge in [0.1, 0.15) is 5.82 Å². The summed E-state index contributed by atoms with van der Waals surface area (Å²) in [6.45, 7) is 110. The Labute approximate surface area is 847 Å². The molecule has 4 nitrogen and oxygen atoms in total. The van der Waals surface area contributed by atoms with Gasteiger partial charge in [-0.3, -0.25) is 9.97 Å². The number of hydrogen-bond acceptors (Lipinski definition) is 4. The van der Waals surface area contributed by atoms with E-state index in [-0.39, 0.29) is 10.8 Å². The molecule has 0 saturated carbocycles. The fourth-order valence-corrected chi connectivity index (χ4v) is 16.1. The summed E-state index contributed by atoms with van der Waals surface area (Å²) in [7, 11) is 0. The first-order valence-corrected chi connectivity index (χ1v) is 53.4. The Balaban J connectivity index is 0.000000778. The lowest BCUT2D eigenvalue weighted by atomic mass is 9.83. The van der Waals surface area contributed by atoms with Gasteiger partial charge >= 0.3 is 0 Å². The number of benzene rings is 5. The van der Waals surface area contributed by atoms with Gasteiger partial charge in [0.15, 0.2) is 0 Å². The Morgan fingerprint density at radius 1 is 0.169 bits per heavy atom. The Bertz CT molecular complexity index is 4270. The molecule has 8 rings (SSSR count). The van der Waals surface area contributed by atoms with Crippen molar-refractivity contribution in [2.24, 2.45) is 81.2 Å². The van der Waals surface area contributed by atoms with Crippen LogP contribution in [-0.2, 0) is 102 Å². The maximum Gasteiger partial charge on any atom is 0.128 e. The summed E-state index contributed by atoms with van der Waals surface area (Å²) >= 11 is 0. The molecular formula is C132H220N4. The molecule has 0 aliphatic rings. The first-order chi connectivity index (χ1) is 61.3. The topological polar surface area (TPSA) is 51.6 Å². The van der Waals surface area contributed by atoms with Gasteiger partial charge in [0.05, 0.1) is 0 Å². The third-order valence-corrected chi connectivity index (χ3v) is 22.4. The van der Waals surface area contributed by atoms with Crippen LogP contribution in [0.3, 0.4) is 0 Å². The molecule has 3 aromatic heterocycles. The largest absolute Gasteiger partial charge is 0.258 e. The monoisotopic (exact) mass is 1860 g/mol. The summed E-state index contributed by atoms with van der Waals surface area (Å²) in [4.78, 5) is 18.6. The molecule has 0 N–H and O–H groups in total. The number of rotatable bonds is 24. The van der Waals surface area contributed by atoms with E-state index < -0.39 is 0 Å². The van der Waals surface area contributed by atoms with E-state index in [0.717, 1.165) is 88.6 Å². The molecule has 0 radical (unpaired) electrons. The number of nitrogens with zero attached hydrogens (tertiary/aromatic N) is 4. The summed E-state index contributed by atoms with van der Waals surface area (Å²) in [6, 6.07) is 60.5. The quantitative estimate of drug-likeness (QED) is 0.0605. The van der Waals surface area contributed by atoms with E-state index >= 15 is 0 Å². The number of aryl methyl sites for hydroxylation is 6. The average Bonchev–Trinajstić information content (AvgIpc) is 0.829. The first-order valence-electron chi connectivity index (χ1n) is 53.4. The van der Waals surface area contributed by atoms with Crippen LogP contribution in [0, 0.1) is 81.2 Å². The minimum Gasteiger partial charge on any atom is -0.258 e. The zero-order valence-corrected chi connectivity index (χ0v) is 98.9. The minimum absolute atomic E-state index is 0.258. The van der Waals surface area contributed by atoms with Crippen molar-refractivity contribution in [3.8, 4) is 0 Å². The highest BCUT2D eigenvalue weighted by Gasteiger charge is 2.24. The molecule has 0 aliphatic carbocycles. The van der Waals surface area contributed by atoms with E-state index in [1.807, 2.05) is 12.3 Å². The number of pyridine rings is 2. The second-order valence-corrected chi connectivity index (χ2v) is 60.0. The molecule has 136 heavy (non-hydrogen) atoms. The molecule has 4 heteroatoms. The molecule has 0 amide bonds. The maximum atomic E-state index is 4.78. The molecule has 0 aliphatic heterocycles. The first kappa shape index (κ1) is 127. The Morgan fingerprint density at radius 2 is 0.412 bits per heavy atom. The van der Waals surface area contributed by atoms with Gasteiger partial charge in [-0.2, -0.15) is 0 Å². The second-order valence-electron chi connectivity index (χ2n) is 60.0. The van der Waals surface area contributed by atoms with Crippen LogP contribution >= 0.6 is 0 Å². The molecule has 0 bridgehead atoms. The maximum absolute atomic E-state index is 4.78. The van der Waals surface area contributed by atoms with Gasteiger partial charge in [-0.05, 0) is 320 Å². The van der Waals surface area contributed by atoms with E-state index in [2.05, 4.69) is 500 Å². The standard InChI is InChI=1S/2C18H30.C17H29N.C17H28.C16H27N.C16H26.C15H26N2.C15H24/c1-17(2,3)12-8-11-15-9-7-10-16(13-15)14-18(4,5)6;1-17(2,3)13-7-8-15-9-11-16(12-10-15)14-18(4,5)6;1-16(2,3)12-8-11-14-9-7-10-15(18-14)13-17(4,5)6;1-16(2,3)11-10-14-8-7-9-15(12-14)13-17(4,5)6;1-15(2,3)11-10-13-8-7-9-14(17-13)12-16(4,5)6;1-15(2,3)11-13-8-7-9-14(10-13)12-16(4,5)6;1-14(2,3)9-7-13-16-10-8-12(17-13)11-15(4,5)6;1-14(2,3)11-12-8-7-9-13(10-12)15(4,5)6/h7,9-10,13H,8,11-12,14H2,1-6H3;9-12H,7-8,13-14H2,1-6H3;7,9-10H,8,11-13H2,1-6H3;7-9,12H,10-11,13H2,1-6H3;7-9H,10-12H2,1-6H3;7-10H,11-12H2,1-6H3;8,10H,7,9,11H2,1-6H3;7-10H,11H2,1-6H3. The van der Waals surface area contributed by atoms with Crippen LogP contribution in [0.15, 0.2) is 170 Å². The van der Waals surface area contributed by atoms with Crippen molar-refractivity contribution in [1.82, 2.24) is 19.9 Å². The van der Waals surface area contributed by atoms with Crippen molar-refractivity contribution >= 4 is 0 Å². The smallest absolute Gasteiger partial charge is 0.128 e. The molecular weight excluding hydrogens is 1640 g/mol. The summed E-state index contributed by atoms with van der Waals surface area (Å²) in [5.74, 6) is 0.988. The van der Waals surface area contributed by atoms with Crippen LogP contribution in [0.5, 0.6) is 0 Å². The molecule has 0 spiro atoms. The van der Waals surface area contributed by atoms with Crippen LogP contribution in [0.1, 0.15) is 480 Å². The second kappa shape index (κ2) is 55.8. The minimum atomic E-state index is 0.258. The van der Waals surface area contributed by atoms with Crippen molar-refractivity contribution in [3.05, 3.63) is 260 Å². The summed E-state index contributed by atoms with van der Waals surface area (Å²) in [6.07, 6.45) is 30.0. The molecule has 3 heterocycles. The van der Waals surface area contributed by atoms with Gasteiger partial charge in [0, 0.05) is 41.1 Å². The van der Waals surface area contributed by atoms with E-state index in [1.54, 1.807) is 0 Å². The van der Waals surface area contributed by atoms with Gasteiger partial charge in [0.2, 0.25) is 0 Å². The number of hydrogen-bond donors (Lipinski definition) is 0. The third-order valence-electron chi connectivity index (χ3n) is 22.4. The summed E-state index contributed by atoms with van der Waals surface area (Å²) in [5, 5.41) is 0. The zero-order valence-electron chi connectivity index (χ0n) is 98.9. The molecule has 0 unspecified atom stereocenters. The Hall–Kier alpha value is -6.52. The van der Waals surface area contributed by atoms with Crippen molar-refractivity contribution in [3.63, 3.8) is 0 Å². The van der Waals surface area contributed by atoms with Crippen molar-refractivity contribution in [1.29, 1.82) is 0 Å². The molecule has 8 aromatic rings. The fraction of sp³-hybridized carbons (Fsp3) is 0.667. The highest BCUT2D eigenvalue weighted by molar-refractivity contribution is 5.31. The summed E-state index contributed by atoms with van der Waals surface area (Å²) < 4.78 is 0. The van der Waals surface area contributed by atoms with Crippen LogP contribution in [-0.4, -0.2) is 19.9 Å². The van der Waals surface area contributed by atoms with Crippen molar-refractivity contribution in [2.75, 3.05) is 0 Å². The van der Waals surface area contributed by atoms with E-state index in [4.69, 9.17) is 9.97 Å². The van der Waals surface area contributed by atoms with Gasteiger partial charge in [-0.1, -0.05) is 466 Å². The van der Waals surface area contributed by atoms with Crippen molar-refractivity contribution < 1.29 is 0 Å². The van der Waals surface area contributed by atoms with Crippen LogP contribution in [0.4, 0.5) is 0 Å². The van der Waals surface area contributed by atoms with Gasteiger partial charge < -0.3 is 0 Å². The fourth-order valence-electron chi connectivity index (χ4n) is 16.1. The zero-order chi connectivity index (χ0) is 105. The summed E-state index contributed by atoms with van der Waals surface area (Å²) in [5.41, 5.74) is 26.8. The lowest BCUT2D eigenvalue weighted by Gasteiger charge is -2.22. The molecule has 0 fully saturated rings. The van der Waals surface area contributed by atoms with Gasteiger partial charge in [0.25, 0.3) is 0 Å². The van der Waals surface area contributed by atoms with Gasteiger partial charge in [-0.15, -0.1) is 0 Å². The normalized spacial score (nSPS) is 12.8. The number of aromatic nitrogens is 4. The van der Waals surface area contributed by atoms with Gasteiger partial charge in [-0.25, -0.2) is 9.97 Å². The molecule has 0 atom stereocenters. The molecule has 0 saturated heterocycles. The van der Waals surface area contributed by atoms with Crippen LogP contribution in [0.2, 0.25) is 0 Å². The average molecular weight is 1860 g/mol. The Morgan fingerprint density at radius 3 is 0.743 bits per heavy atom. The van der Waals surface area contributed by atoms with Crippen LogP contribution in [0.25, 0.3) is 0 Å². The predicted octanol–water partition coefficient (Wildman–Crippen LogP) is 39.7. The van der Waals surface area contributed by atoms with E-state index in [1.165, 1.54) is 155 Å². The van der Waals surface area contributed by atoms with E-state index in [0.29, 0.717) is 75.8 Å².